The molecule has 25 heavy (non-hydrogen) atoms. The minimum absolute atomic E-state index is 0.0471. The number of hydrogen-bond donors (Lipinski definition) is 0. The lowest BCUT2D eigenvalue weighted by molar-refractivity contribution is -0.142. The monoisotopic (exact) mass is 356 g/mol. The second-order valence-electron chi connectivity index (χ2n) is 6.94. The first kappa shape index (κ1) is 18.0. The van der Waals surface area contributed by atoms with Crippen molar-refractivity contribution in [2.45, 2.75) is 57.2 Å². The number of carbonyl (C=O) groups is 1. The molecule has 0 N–H and O–H groups in total. The number of nitrogens with zero attached hydrogens (tertiary/aromatic N) is 2. The zero-order chi connectivity index (χ0) is 17.9. The molecule has 0 spiro atoms. The van der Waals surface area contributed by atoms with Gasteiger partial charge in [0.25, 0.3) is 0 Å². The van der Waals surface area contributed by atoms with Gasteiger partial charge in [0.05, 0.1) is 13.1 Å². The molecule has 1 aliphatic carbocycles. The minimum Gasteiger partial charge on any atom is -0.471 e. The molecule has 1 saturated heterocycles. The predicted molar refractivity (Wildman–Crippen MR) is 86.0 cm³/mol. The van der Waals surface area contributed by atoms with Gasteiger partial charge < -0.3 is 9.64 Å². The van der Waals surface area contributed by atoms with Gasteiger partial charge in [-0.15, -0.1) is 0 Å². The number of rotatable bonds is 5. The average molecular weight is 356 g/mol. The van der Waals surface area contributed by atoms with Crippen LogP contribution in [0, 0.1) is 5.92 Å². The van der Waals surface area contributed by atoms with Crippen LogP contribution in [0.15, 0.2) is 18.2 Å². The van der Waals surface area contributed by atoms with Gasteiger partial charge in [0, 0.05) is 12.5 Å². The van der Waals surface area contributed by atoms with Crippen LogP contribution >= 0.6 is 0 Å². The molecular weight excluding hydrogens is 333 g/mol. The Morgan fingerprint density at radius 1 is 1.20 bits per heavy atom. The van der Waals surface area contributed by atoms with E-state index in [0.29, 0.717) is 25.4 Å². The first-order chi connectivity index (χ1) is 11.9. The van der Waals surface area contributed by atoms with Crippen molar-refractivity contribution in [3.8, 4) is 5.88 Å². The Hall–Kier alpha value is -1.79. The second-order valence-corrected chi connectivity index (χ2v) is 6.94. The highest BCUT2D eigenvalue weighted by atomic mass is 19.4. The fourth-order valence-corrected chi connectivity index (χ4v) is 3.49. The number of aromatic nitrogens is 1. The maximum absolute atomic E-state index is 12.6. The van der Waals surface area contributed by atoms with Crippen molar-refractivity contribution in [2.75, 3.05) is 13.1 Å². The van der Waals surface area contributed by atoms with Crippen molar-refractivity contribution in [1.29, 1.82) is 0 Å². The van der Waals surface area contributed by atoms with Gasteiger partial charge in [-0.2, -0.15) is 13.2 Å². The number of ether oxygens (including phenoxy) is 1. The first-order valence-corrected chi connectivity index (χ1v) is 8.90. The molecule has 7 heteroatoms. The van der Waals surface area contributed by atoms with E-state index in [2.05, 4.69) is 4.98 Å². The molecule has 138 valence electrons. The Bertz CT molecular complexity index is 594. The number of pyridine rings is 1. The van der Waals surface area contributed by atoms with Crippen molar-refractivity contribution in [3.05, 3.63) is 23.9 Å². The maximum Gasteiger partial charge on any atom is 0.433 e. The SMILES string of the molecule is O=C(CCC1CCCCC1)N1CC(Oc2cccc(C(F)(F)F)n2)C1. The molecule has 2 aliphatic rings. The van der Waals surface area contributed by atoms with Crippen molar-refractivity contribution in [3.63, 3.8) is 0 Å². The van der Waals surface area contributed by atoms with E-state index in [9.17, 15) is 18.0 Å². The number of likely N-dealkylation sites (tertiary alicyclic amines) is 1. The highest BCUT2D eigenvalue weighted by molar-refractivity contribution is 5.77. The zero-order valence-electron chi connectivity index (χ0n) is 14.1. The number of hydrogen-bond acceptors (Lipinski definition) is 3. The number of alkyl halides is 3. The topological polar surface area (TPSA) is 42.4 Å². The van der Waals surface area contributed by atoms with Crippen LogP contribution in [-0.2, 0) is 11.0 Å². The third kappa shape index (κ3) is 4.86. The smallest absolute Gasteiger partial charge is 0.433 e. The van der Waals surface area contributed by atoms with Gasteiger partial charge in [-0.05, 0) is 18.4 Å². The number of carbonyl (C=O) groups excluding carboxylic acids is 1. The largest absolute Gasteiger partial charge is 0.471 e. The zero-order valence-corrected chi connectivity index (χ0v) is 14.1. The fraction of sp³-hybridized carbons (Fsp3) is 0.667. The molecular formula is C18H23F3N2O2. The molecule has 1 saturated carbocycles. The lowest BCUT2D eigenvalue weighted by Crippen LogP contribution is -2.56. The van der Waals surface area contributed by atoms with Crippen LogP contribution < -0.4 is 4.74 Å². The Labute approximate surface area is 145 Å². The van der Waals surface area contributed by atoms with E-state index in [-0.39, 0.29) is 17.9 Å². The van der Waals surface area contributed by atoms with Gasteiger partial charge >= 0.3 is 6.18 Å². The Kier molecular flexibility index (Phi) is 5.49. The molecule has 1 aromatic heterocycles. The maximum atomic E-state index is 12.6. The van der Waals surface area contributed by atoms with Crippen LogP contribution in [0.25, 0.3) is 0 Å². The predicted octanol–water partition coefficient (Wildman–Crippen LogP) is 4.05. The van der Waals surface area contributed by atoms with Gasteiger partial charge in [0.2, 0.25) is 11.8 Å². The summed E-state index contributed by atoms with van der Waals surface area (Å²) < 4.78 is 43.4. The summed E-state index contributed by atoms with van der Waals surface area (Å²) in [5.41, 5.74) is -0.968. The molecule has 0 radical (unpaired) electrons. The normalized spacial score (nSPS) is 19.6. The van der Waals surface area contributed by atoms with Gasteiger partial charge in [0.1, 0.15) is 11.8 Å². The molecule has 4 nitrogen and oxygen atoms in total. The van der Waals surface area contributed by atoms with E-state index in [0.717, 1.165) is 12.5 Å². The number of amides is 1. The third-order valence-corrected chi connectivity index (χ3v) is 4.99. The first-order valence-electron chi connectivity index (χ1n) is 8.90. The van der Waals surface area contributed by atoms with Crippen LogP contribution in [0.4, 0.5) is 13.2 Å². The van der Waals surface area contributed by atoms with Crippen LogP contribution in [0.2, 0.25) is 0 Å². The van der Waals surface area contributed by atoms with E-state index in [1.165, 1.54) is 44.2 Å². The van der Waals surface area contributed by atoms with E-state index >= 15 is 0 Å². The van der Waals surface area contributed by atoms with Gasteiger partial charge in [-0.3, -0.25) is 4.79 Å². The third-order valence-electron chi connectivity index (χ3n) is 4.99. The fourth-order valence-electron chi connectivity index (χ4n) is 3.49. The van der Waals surface area contributed by atoms with Gasteiger partial charge in [-0.25, -0.2) is 4.98 Å². The molecule has 2 fully saturated rings. The molecule has 2 heterocycles. The molecule has 1 amide bonds. The summed E-state index contributed by atoms with van der Waals surface area (Å²) in [6, 6.07) is 3.59. The average Bonchev–Trinajstić information content (AvgIpc) is 2.56. The van der Waals surface area contributed by atoms with Crippen LogP contribution in [-0.4, -0.2) is 35.0 Å². The standard InChI is InChI=1S/C18H23F3N2O2/c19-18(20,21)15-7-4-8-16(22-15)25-14-11-23(12-14)17(24)10-9-13-5-2-1-3-6-13/h4,7-8,13-14H,1-3,5-6,9-12H2. The molecule has 0 bridgehead atoms. The van der Waals surface area contributed by atoms with E-state index in [1.807, 2.05) is 0 Å². The molecule has 3 rings (SSSR count). The van der Waals surface area contributed by atoms with Crippen molar-refractivity contribution in [1.82, 2.24) is 9.88 Å². The lowest BCUT2D eigenvalue weighted by Gasteiger charge is -2.39. The van der Waals surface area contributed by atoms with Gasteiger partial charge in [0.15, 0.2) is 0 Å². The van der Waals surface area contributed by atoms with Crippen molar-refractivity contribution >= 4 is 5.91 Å². The lowest BCUT2D eigenvalue weighted by atomic mass is 9.86. The molecule has 0 atom stereocenters. The van der Waals surface area contributed by atoms with E-state index < -0.39 is 11.9 Å². The Balaban J connectivity index is 1.41. The van der Waals surface area contributed by atoms with Crippen LogP contribution in [0.1, 0.15) is 50.6 Å². The van der Waals surface area contributed by atoms with Gasteiger partial charge in [-0.1, -0.05) is 38.2 Å². The van der Waals surface area contributed by atoms with Crippen molar-refractivity contribution < 1.29 is 22.7 Å². The van der Waals surface area contributed by atoms with E-state index in [1.54, 1.807) is 4.90 Å². The highest BCUT2D eigenvalue weighted by Gasteiger charge is 2.35. The number of halogens is 3. The highest BCUT2D eigenvalue weighted by Crippen LogP contribution is 2.30. The summed E-state index contributed by atoms with van der Waals surface area (Å²) in [6.07, 6.45) is 3.01. The second kappa shape index (κ2) is 7.62. The summed E-state index contributed by atoms with van der Waals surface area (Å²) in [7, 11) is 0. The molecule has 1 aliphatic heterocycles. The van der Waals surface area contributed by atoms with Crippen LogP contribution in [0.5, 0.6) is 5.88 Å². The summed E-state index contributed by atoms with van der Waals surface area (Å²) in [6.45, 7) is 0.836. The Morgan fingerprint density at radius 3 is 2.60 bits per heavy atom. The summed E-state index contributed by atoms with van der Waals surface area (Å²) in [5, 5.41) is 0. The van der Waals surface area contributed by atoms with Crippen molar-refractivity contribution in [2.24, 2.45) is 5.92 Å². The van der Waals surface area contributed by atoms with E-state index in [4.69, 9.17) is 4.74 Å². The summed E-state index contributed by atoms with van der Waals surface area (Å²) >= 11 is 0. The quantitative estimate of drug-likeness (QED) is 0.799. The summed E-state index contributed by atoms with van der Waals surface area (Å²) in [4.78, 5) is 17.3. The Morgan fingerprint density at radius 2 is 1.92 bits per heavy atom. The van der Waals surface area contributed by atoms with Crippen LogP contribution in [0.3, 0.4) is 0 Å². The minimum atomic E-state index is -4.49. The molecule has 0 unspecified atom stereocenters. The molecule has 0 aromatic carbocycles. The molecule has 1 aromatic rings. The summed E-state index contributed by atoms with van der Waals surface area (Å²) in [5.74, 6) is 0.733.